The van der Waals surface area contributed by atoms with Crippen LogP contribution < -0.4 is 0 Å². The first-order chi connectivity index (χ1) is 40.0. The van der Waals surface area contributed by atoms with Crippen LogP contribution in [0.15, 0.2) is 48.6 Å². The number of hydrogen-bond donors (Lipinski definition) is 0. The second kappa shape index (κ2) is 69.9. The van der Waals surface area contributed by atoms with E-state index in [4.69, 9.17) is 14.2 Å². The monoisotopic (exact) mass is 1140 g/mol. The highest BCUT2D eigenvalue weighted by atomic mass is 16.6. The van der Waals surface area contributed by atoms with Crippen molar-refractivity contribution in [3.05, 3.63) is 48.6 Å². The van der Waals surface area contributed by atoms with E-state index in [-0.39, 0.29) is 31.1 Å². The molecule has 1 atom stereocenters. The molecule has 474 valence electrons. The lowest BCUT2D eigenvalue weighted by molar-refractivity contribution is -0.167. The quantitative estimate of drug-likeness (QED) is 0.0261. The Morgan fingerprint density at radius 3 is 0.679 bits per heavy atom. The molecule has 0 aromatic rings. The molecule has 0 aliphatic carbocycles. The molecule has 0 heterocycles. The number of rotatable bonds is 67. The molecule has 0 rings (SSSR count). The molecule has 0 N–H and O–H groups in total. The second-order valence-corrected chi connectivity index (χ2v) is 24.5. The van der Waals surface area contributed by atoms with Crippen molar-refractivity contribution < 1.29 is 28.6 Å². The van der Waals surface area contributed by atoms with E-state index in [0.29, 0.717) is 19.3 Å². The van der Waals surface area contributed by atoms with E-state index in [1.807, 2.05) is 0 Å². The number of ether oxygens (including phenoxy) is 3. The van der Waals surface area contributed by atoms with Gasteiger partial charge in [-0.1, -0.05) is 339 Å². The van der Waals surface area contributed by atoms with Crippen molar-refractivity contribution in [1.29, 1.82) is 0 Å². The van der Waals surface area contributed by atoms with Gasteiger partial charge in [0.25, 0.3) is 0 Å². The minimum Gasteiger partial charge on any atom is -0.462 e. The lowest BCUT2D eigenvalue weighted by Gasteiger charge is -2.18. The van der Waals surface area contributed by atoms with Gasteiger partial charge in [-0.15, -0.1) is 0 Å². The van der Waals surface area contributed by atoms with E-state index in [1.54, 1.807) is 0 Å². The lowest BCUT2D eigenvalue weighted by Crippen LogP contribution is -2.30. The van der Waals surface area contributed by atoms with Crippen LogP contribution in [-0.4, -0.2) is 37.2 Å². The van der Waals surface area contributed by atoms with Crippen LogP contribution in [-0.2, 0) is 28.6 Å². The molecule has 0 fully saturated rings. The summed E-state index contributed by atoms with van der Waals surface area (Å²) in [6.45, 7) is 6.64. The zero-order valence-electron chi connectivity index (χ0n) is 54.6. The number of allylic oxidation sites excluding steroid dienone is 8. The number of carbonyl (C=O) groups is 3. The molecule has 0 amide bonds. The molecular formula is C75H138O6. The normalized spacial score (nSPS) is 12.3. The van der Waals surface area contributed by atoms with Crippen LogP contribution >= 0.6 is 0 Å². The van der Waals surface area contributed by atoms with Gasteiger partial charge >= 0.3 is 17.9 Å². The molecule has 1 unspecified atom stereocenters. The Kier molecular flexibility index (Phi) is 67.6. The molecule has 6 nitrogen and oxygen atoms in total. The largest absolute Gasteiger partial charge is 0.462 e. The highest BCUT2D eigenvalue weighted by Gasteiger charge is 2.19. The number of hydrogen-bond acceptors (Lipinski definition) is 6. The Bertz CT molecular complexity index is 1400. The van der Waals surface area contributed by atoms with Gasteiger partial charge in [0.15, 0.2) is 6.10 Å². The van der Waals surface area contributed by atoms with Crippen LogP contribution in [0.3, 0.4) is 0 Å². The summed E-state index contributed by atoms with van der Waals surface area (Å²) in [5.74, 6) is -0.853. The minimum atomic E-state index is -0.770. The summed E-state index contributed by atoms with van der Waals surface area (Å²) in [5, 5.41) is 0. The van der Waals surface area contributed by atoms with Crippen molar-refractivity contribution in [2.75, 3.05) is 13.2 Å². The molecule has 0 spiro atoms. The second-order valence-electron chi connectivity index (χ2n) is 24.5. The van der Waals surface area contributed by atoms with Crippen molar-refractivity contribution in [3.8, 4) is 0 Å². The topological polar surface area (TPSA) is 78.9 Å². The van der Waals surface area contributed by atoms with Gasteiger partial charge in [0, 0.05) is 19.3 Å². The summed E-state index contributed by atoms with van der Waals surface area (Å²) in [6, 6.07) is 0. The molecule has 0 saturated carbocycles. The highest BCUT2D eigenvalue weighted by Crippen LogP contribution is 2.18. The third-order valence-electron chi connectivity index (χ3n) is 16.3. The fourth-order valence-electron chi connectivity index (χ4n) is 10.9. The third kappa shape index (κ3) is 68.0. The molecule has 0 aromatic carbocycles. The average Bonchev–Trinajstić information content (AvgIpc) is 3.47. The summed E-state index contributed by atoms with van der Waals surface area (Å²) in [4.78, 5) is 38.2. The fourth-order valence-corrected chi connectivity index (χ4v) is 10.9. The van der Waals surface area contributed by atoms with Crippen LogP contribution in [0, 0.1) is 0 Å². The number of esters is 3. The molecule has 0 aliphatic heterocycles. The molecule has 6 heteroatoms. The van der Waals surface area contributed by atoms with E-state index in [2.05, 4.69) is 69.4 Å². The van der Waals surface area contributed by atoms with Gasteiger partial charge in [0.05, 0.1) is 0 Å². The summed E-state index contributed by atoms with van der Waals surface area (Å²) < 4.78 is 16.9. The van der Waals surface area contributed by atoms with Gasteiger partial charge in [-0.05, 0) is 83.5 Å². The van der Waals surface area contributed by atoms with Crippen LogP contribution in [0.1, 0.15) is 393 Å². The van der Waals surface area contributed by atoms with Gasteiger partial charge in [0.1, 0.15) is 13.2 Å². The number of carbonyl (C=O) groups excluding carboxylic acids is 3. The summed E-state index contributed by atoms with van der Waals surface area (Å²) >= 11 is 0. The van der Waals surface area contributed by atoms with Gasteiger partial charge in [-0.2, -0.15) is 0 Å². The first kappa shape index (κ1) is 78.4. The zero-order valence-corrected chi connectivity index (χ0v) is 54.6. The Labute approximate surface area is 505 Å². The third-order valence-corrected chi connectivity index (χ3v) is 16.3. The Morgan fingerprint density at radius 1 is 0.247 bits per heavy atom. The van der Waals surface area contributed by atoms with Gasteiger partial charge < -0.3 is 14.2 Å². The summed E-state index contributed by atoms with van der Waals surface area (Å²) in [5.41, 5.74) is 0. The average molecular weight is 1140 g/mol. The maximum Gasteiger partial charge on any atom is 0.306 e. The lowest BCUT2D eigenvalue weighted by atomic mass is 10.0. The molecule has 0 saturated heterocycles. The SMILES string of the molecule is CCCCCCC/C=C\C/C=C\CCCCCCCCCCCCCCCCCCCCCCCC(=O)OCC(COC(=O)CCCCCCCCC)OC(=O)CCCCCCCCCCCCC/C=C\C/C=C\CCCCCCC. The van der Waals surface area contributed by atoms with Gasteiger partial charge in [0.2, 0.25) is 0 Å². The standard InChI is InChI=1S/C75H138O6/c1-4-7-10-13-16-18-20-22-24-26-28-30-32-33-34-35-36-37-38-39-40-41-43-44-46-48-50-52-54-56-59-62-65-68-74(77)80-71-72(70-79-73(76)67-64-61-58-15-12-9-6-3)81-75(78)69-66-63-60-57-55-53-51-49-47-45-42-31-29-27-25-23-21-19-17-14-11-8-5-2/h20-23,26-29,72H,4-19,24-25,30-71H2,1-3H3/b22-20-,23-21-,28-26-,29-27-. The van der Waals surface area contributed by atoms with Crippen molar-refractivity contribution in [2.24, 2.45) is 0 Å². The van der Waals surface area contributed by atoms with E-state index in [9.17, 15) is 14.4 Å². The van der Waals surface area contributed by atoms with Crippen molar-refractivity contribution in [3.63, 3.8) is 0 Å². The summed E-state index contributed by atoms with van der Waals surface area (Å²) in [6.07, 6.45) is 89.0. The zero-order chi connectivity index (χ0) is 58.5. The smallest absolute Gasteiger partial charge is 0.306 e. The predicted molar refractivity (Wildman–Crippen MR) is 353 cm³/mol. The minimum absolute atomic E-state index is 0.0687. The van der Waals surface area contributed by atoms with E-state index < -0.39 is 6.10 Å². The van der Waals surface area contributed by atoms with Crippen LogP contribution in [0.5, 0.6) is 0 Å². The van der Waals surface area contributed by atoms with E-state index in [0.717, 1.165) is 70.6 Å². The van der Waals surface area contributed by atoms with Gasteiger partial charge in [-0.3, -0.25) is 14.4 Å². The molecule has 0 radical (unpaired) electrons. The molecule has 0 bridgehead atoms. The first-order valence-electron chi connectivity index (χ1n) is 36.1. The fraction of sp³-hybridized carbons (Fsp3) is 0.853. The molecule has 0 aromatic heterocycles. The number of unbranched alkanes of at least 4 members (excludes halogenated alkanes) is 48. The summed E-state index contributed by atoms with van der Waals surface area (Å²) in [7, 11) is 0. The van der Waals surface area contributed by atoms with Crippen LogP contribution in [0.2, 0.25) is 0 Å². The molecule has 0 aliphatic rings. The Morgan fingerprint density at radius 2 is 0.444 bits per heavy atom. The maximum atomic E-state index is 12.9. The van der Waals surface area contributed by atoms with Crippen molar-refractivity contribution in [2.45, 2.75) is 399 Å². The molecular weight excluding hydrogens is 997 g/mol. The van der Waals surface area contributed by atoms with Crippen molar-refractivity contribution in [1.82, 2.24) is 0 Å². The maximum absolute atomic E-state index is 12.9. The first-order valence-corrected chi connectivity index (χ1v) is 36.1. The van der Waals surface area contributed by atoms with E-state index in [1.165, 1.54) is 283 Å². The highest BCUT2D eigenvalue weighted by molar-refractivity contribution is 5.71. The Hall–Kier alpha value is -2.63. The molecule has 81 heavy (non-hydrogen) atoms. The Balaban J connectivity index is 3.99. The van der Waals surface area contributed by atoms with Crippen molar-refractivity contribution >= 4 is 17.9 Å². The van der Waals surface area contributed by atoms with Crippen LogP contribution in [0.4, 0.5) is 0 Å². The van der Waals surface area contributed by atoms with Crippen LogP contribution in [0.25, 0.3) is 0 Å². The van der Waals surface area contributed by atoms with E-state index >= 15 is 0 Å². The van der Waals surface area contributed by atoms with Gasteiger partial charge in [-0.25, -0.2) is 0 Å². The predicted octanol–water partition coefficient (Wildman–Crippen LogP) is 24.9.